The summed E-state index contributed by atoms with van der Waals surface area (Å²) < 4.78 is 0.879. The summed E-state index contributed by atoms with van der Waals surface area (Å²) in [4.78, 5) is 18.3. The summed E-state index contributed by atoms with van der Waals surface area (Å²) in [5, 5.41) is 0.885. The second-order valence-corrected chi connectivity index (χ2v) is 6.25. The van der Waals surface area contributed by atoms with Crippen molar-refractivity contribution in [1.82, 2.24) is 4.98 Å². The first kappa shape index (κ1) is 14.1. The molecule has 1 aliphatic heterocycles. The van der Waals surface area contributed by atoms with Gasteiger partial charge in [-0.2, -0.15) is 0 Å². The zero-order valence-corrected chi connectivity index (χ0v) is 13.1. The number of halogens is 1. The molecule has 1 aromatic heterocycles. The molecule has 1 saturated heterocycles. The Bertz CT molecular complexity index is 703. The minimum absolute atomic E-state index is 0.268. The Morgan fingerprint density at radius 2 is 2.19 bits per heavy atom. The Hall–Kier alpha value is -1.82. The maximum Gasteiger partial charge on any atom is 0.240 e. The molecule has 0 aliphatic carbocycles. The van der Waals surface area contributed by atoms with Crippen molar-refractivity contribution in [2.24, 2.45) is 5.73 Å². The molecule has 2 aromatic rings. The highest BCUT2D eigenvalue weighted by atomic mass is 79.9. The van der Waals surface area contributed by atoms with E-state index in [9.17, 15) is 4.79 Å². The minimum Gasteiger partial charge on any atom is -0.398 e. The SMILES string of the molecule is NC(=O)C1CCCCN1c1ccc(N)c2cc(Br)cnc12. The lowest BCUT2D eigenvalue weighted by Gasteiger charge is -2.36. The molecular weight excluding hydrogens is 332 g/mol. The fourth-order valence-corrected chi connectivity index (χ4v) is 3.28. The molecule has 1 unspecified atom stereocenters. The van der Waals surface area contributed by atoms with E-state index < -0.39 is 0 Å². The van der Waals surface area contributed by atoms with Crippen LogP contribution in [0.25, 0.3) is 10.9 Å². The number of pyridine rings is 1. The van der Waals surface area contributed by atoms with Gasteiger partial charge >= 0.3 is 0 Å². The number of hydrogen-bond acceptors (Lipinski definition) is 4. The maximum atomic E-state index is 11.7. The van der Waals surface area contributed by atoms with Gasteiger partial charge in [0.25, 0.3) is 0 Å². The lowest BCUT2D eigenvalue weighted by atomic mass is 9.99. The van der Waals surface area contributed by atoms with Crippen LogP contribution in [-0.4, -0.2) is 23.5 Å². The molecule has 110 valence electrons. The van der Waals surface area contributed by atoms with Gasteiger partial charge in [0.1, 0.15) is 6.04 Å². The maximum absolute atomic E-state index is 11.7. The lowest BCUT2D eigenvalue weighted by Crippen LogP contribution is -2.48. The number of piperidine rings is 1. The van der Waals surface area contributed by atoms with E-state index in [1.54, 1.807) is 6.20 Å². The summed E-state index contributed by atoms with van der Waals surface area (Å²) in [6, 6.07) is 5.47. The second kappa shape index (κ2) is 5.52. The summed E-state index contributed by atoms with van der Waals surface area (Å²) in [6.45, 7) is 0.810. The Labute approximate surface area is 131 Å². The Kier molecular flexibility index (Phi) is 3.71. The third-order valence-electron chi connectivity index (χ3n) is 3.97. The van der Waals surface area contributed by atoms with Gasteiger partial charge in [-0.1, -0.05) is 0 Å². The first-order chi connectivity index (χ1) is 10.1. The van der Waals surface area contributed by atoms with Crippen LogP contribution < -0.4 is 16.4 Å². The number of nitrogens with zero attached hydrogens (tertiary/aromatic N) is 2. The Balaban J connectivity index is 2.15. The number of carbonyl (C=O) groups excluding carboxylic acids is 1. The van der Waals surface area contributed by atoms with Crippen LogP contribution in [0.2, 0.25) is 0 Å². The number of aromatic nitrogens is 1. The van der Waals surface area contributed by atoms with E-state index in [2.05, 4.69) is 25.8 Å². The Morgan fingerprint density at radius 3 is 2.95 bits per heavy atom. The topological polar surface area (TPSA) is 85.2 Å². The van der Waals surface area contributed by atoms with Crippen LogP contribution in [0.1, 0.15) is 19.3 Å². The number of nitrogen functional groups attached to an aromatic ring is 1. The number of nitrogens with two attached hydrogens (primary N) is 2. The molecule has 5 nitrogen and oxygen atoms in total. The average Bonchev–Trinajstić information content (AvgIpc) is 2.48. The van der Waals surface area contributed by atoms with Gasteiger partial charge in [0, 0.05) is 28.3 Å². The second-order valence-electron chi connectivity index (χ2n) is 5.33. The van der Waals surface area contributed by atoms with E-state index >= 15 is 0 Å². The van der Waals surface area contributed by atoms with E-state index in [0.717, 1.165) is 46.9 Å². The highest BCUT2D eigenvalue weighted by molar-refractivity contribution is 9.10. The van der Waals surface area contributed by atoms with Crippen molar-refractivity contribution in [3.05, 3.63) is 28.9 Å². The van der Waals surface area contributed by atoms with E-state index in [-0.39, 0.29) is 11.9 Å². The number of fused-ring (bicyclic) bond motifs is 1. The fraction of sp³-hybridized carbons (Fsp3) is 0.333. The lowest BCUT2D eigenvalue weighted by molar-refractivity contribution is -0.119. The van der Waals surface area contributed by atoms with Crippen molar-refractivity contribution >= 4 is 44.1 Å². The smallest absolute Gasteiger partial charge is 0.240 e. The van der Waals surface area contributed by atoms with Crippen molar-refractivity contribution in [2.75, 3.05) is 17.2 Å². The number of primary amides is 1. The van der Waals surface area contributed by atoms with Crippen molar-refractivity contribution in [1.29, 1.82) is 0 Å². The largest absolute Gasteiger partial charge is 0.398 e. The molecule has 0 bridgehead atoms. The van der Waals surface area contributed by atoms with E-state index in [1.807, 2.05) is 18.2 Å². The number of benzene rings is 1. The number of carbonyl (C=O) groups is 1. The monoisotopic (exact) mass is 348 g/mol. The quantitative estimate of drug-likeness (QED) is 0.816. The van der Waals surface area contributed by atoms with Gasteiger partial charge in [0.2, 0.25) is 5.91 Å². The average molecular weight is 349 g/mol. The van der Waals surface area contributed by atoms with Crippen LogP contribution in [0.3, 0.4) is 0 Å². The molecule has 1 aromatic carbocycles. The highest BCUT2D eigenvalue weighted by Crippen LogP contribution is 2.34. The van der Waals surface area contributed by atoms with Crippen molar-refractivity contribution < 1.29 is 4.79 Å². The van der Waals surface area contributed by atoms with Crippen LogP contribution in [0.5, 0.6) is 0 Å². The fourth-order valence-electron chi connectivity index (χ4n) is 2.95. The van der Waals surface area contributed by atoms with Crippen molar-refractivity contribution in [3.8, 4) is 0 Å². The first-order valence-corrected chi connectivity index (χ1v) is 7.77. The van der Waals surface area contributed by atoms with Gasteiger partial charge < -0.3 is 16.4 Å². The van der Waals surface area contributed by atoms with Gasteiger partial charge in [-0.25, -0.2) is 0 Å². The van der Waals surface area contributed by atoms with Gasteiger partial charge in [0.05, 0.1) is 11.2 Å². The van der Waals surface area contributed by atoms with Gasteiger partial charge in [-0.3, -0.25) is 9.78 Å². The summed E-state index contributed by atoms with van der Waals surface area (Å²) in [7, 11) is 0. The summed E-state index contributed by atoms with van der Waals surface area (Å²) in [5.74, 6) is -0.281. The van der Waals surface area contributed by atoms with E-state index in [4.69, 9.17) is 11.5 Å². The number of hydrogen-bond donors (Lipinski definition) is 2. The third-order valence-corrected chi connectivity index (χ3v) is 4.40. The highest BCUT2D eigenvalue weighted by Gasteiger charge is 2.28. The zero-order chi connectivity index (χ0) is 15.0. The third kappa shape index (κ3) is 2.55. The van der Waals surface area contributed by atoms with Crippen LogP contribution in [0.4, 0.5) is 11.4 Å². The summed E-state index contributed by atoms with van der Waals surface area (Å²) >= 11 is 3.42. The van der Waals surface area contributed by atoms with Crippen LogP contribution >= 0.6 is 15.9 Å². The van der Waals surface area contributed by atoms with Gasteiger partial charge in [-0.15, -0.1) is 0 Å². The molecule has 1 aliphatic rings. The molecule has 2 heterocycles. The number of amides is 1. The first-order valence-electron chi connectivity index (χ1n) is 6.97. The standard InChI is InChI=1S/C15H17BrN4O/c16-9-7-10-11(17)4-5-12(14(10)19-8-9)20-6-2-1-3-13(20)15(18)21/h4-5,7-8,13H,1-3,6,17H2,(H2,18,21). The molecule has 4 N–H and O–H groups in total. The van der Waals surface area contributed by atoms with Crippen LogP contribution in [0.15, 0.2) is 28.9 Å². The molecule has 0 saturated carbocycles. The van der Waals surface area contributed by atoms with Crippen molar-refractivity contribution in [2.45, 2.75) is 25.3 Å². The molecule has 21 heavy (non-hydrogen) atoms. The summed E-state index contributed by atoms with van der Waals surface area (Å²) in [5.41, 5.74) is 14.0. The van der Waals surface area contributed by atoms with E-state index in [1.165, 1.54) is 0 Å². The van der Waals surface area contributed by atoms with Crippen LogP contribution in [-0.2, 0) is 4.79 Å². The number of rotatable bonds is 2. The van der Waals surface area contributed by atoms with E-state index in [0.29, 0.717) is 5.69 Å². The molecule has 0 spiro atoms. The molecule has 6 heteroatoms. The molecule has 1 atom stereocenters. The van der Waals surface area contributed by atoms with Gasteiger partial charge in [0.15, 0.2) is 0 Å². The molecular formula is C15H17BrN4O. The summed E-state index contributed by atoms with van der Waals surface area (Å²) in [6.07, 6.45) is 4.61. The normalized spacial score (nSPS) is 18.9. The number of anilines is 2. The minimum atomic E-state index is -0.281. The predicted molar refractivity (Wildman–Crippen MR) is 88.0 cm³/mol. The van der Waals surface area contributed by atoms with Crippen LogP contribution in [0, 0.1) is 0 Å². The molecule has 0 radical (unpaired) electrons. The molecule has 1 fully saturated rings. The predicted octanol–water partition coefficient (Wildman–Crippen LogP) is 2.42. The Morgan fingerprint density at radius 1 is 1.38 bits per heavy atom. The zero-order valence-electron chi connectivity index (χ0n) is 11.6. The van der Waals surface area contributed by atoms with Gasteiger partial charge in [-0.05, 0) is 53.4 Å². The van der Waals surface area contributed by atoms with Crippen molar-refractivity contribution in [3.63, 3.8) is 0 Å². The molecule has 3 rings (SSSR count). The molecule has 1 amide bonds.